The zero-order chi connectivity index (χ0) is 30.3. The summed E-state index contributed by atoms with van der Waals surface area (Å²) in [6.45, 7) is 1.35. The predicted molar refractivity (Wildman–Crippen MR) is 159 cm³/mol. The molecule has 0 unspecified atom stereocenters. The number of aryl methyl sites for hydroxylation is 3. The van der Waals surface area contributed by atoms with E-state index in [1.807, 2.05) is 6.07 Å². The summed E-state index contributed by atoms with van der Waals surface area (Å²) in [5.41, 5.74) is 4.59. The molecule has 0 saturated heterocycles. The quantitative estimate of drug-likeness (QED) is 0.151. The molecule has 2 aromatic heterocycles. The van der Waals surface area contributed by atoms with E-state index in [1.165, 1.54) is 30.5 Å². The van der Waals surface area contributed by atoms with Gasteiger partial charge in [-0.15, -0.1) is 11.8 Å². The van der Waals surface area contributed by atoms with E-state index in [0.717, 1.165) is 10.9 Å². The highest BCUT2D eigenvalue weighted by atomic mass is 35.5. The van der Waals surface area contributed by atoms with Gasteiger partial charge in [-0.25, -0.2) is 4.79 Å². The van der Waals surface area contributed by atoms with Crippen LogP contribution in [0.5, 0.6) is 0 Å². The Morgan fingerprint density at radius 1 is 1.32 bits per heavy atom. The molecule has 0 aliphatic carbocycles. The maximum Gasteiger partial charge on any atom is 0.354 e. The number of hydrogen-bond donors (Lipinski definition) is 3. The van der Waals surface area contributed by atoms with Crippen LogP contribution in [0.2, 0.25) is 5.02 Å². The number of halogens is 1. The number of nitrogens with one attached hydrogen (secondary N) is 2. The summed E-state index contributed by atoms with van der Waals surface area (Å²) in [6.07, 6.45) is 2.51. The Labute approximate surface area is 247 Å². The first-order valence-electron chi connectivity index (χ1n) is 12.7. The topological polar surface area (TPSA) is 155 Å². The largest absolute Gasteiger partial charge is 0.466 e. The van der Waals surface area contributed by atoms with Crippen molar-refractivity contribution in [2.45, 2.75) is 25.5 Å². The second-order valence-corrected chi connectivity index (χ2v) is 10.5. The second-order valence-electron chi connectivity index (χ2n) is 9.14. The van der Waals surface area contributed by atoms with Gasteiger partial charge >= 0.3 is 11.9 Å². The van der Waals surface area contributed by atoms with Gasteiger partial charge in [0.1, 0.15) is 17.5 Å². The predicted octanol–water partition coefficient (Wildman–Crippen LogP) is 3.73. The van der Waals surface area contributed by atoms with Crippen molar-refractivity contribution < 1.29 is 24.2 Å². The van der Waals surface area contributed by atoms with E-state index < -0.39 is 5.97 Å². The number of aliphatic hydroxyl groups excluding tert-OH is 1. The SMILES string of the molecule is CN/C(=C\C(=N)CSCc1nn(C)c(C#N)c1-c1c(Cl)ccc2c(CCCOC(C)=O)c(C(=O)OC)n(C)c12)CO. The number of carbonyl (C=O) groups excluding carboxylic acids is 2. The first kappa shape index (κ1) is 31.7. The van der Waals surface area contributed by atoms with Crippen LogP contribution in [0.15, 0.2) is 23.9 Å². The fourth-order valence-electron chi connectivity index (χ4n) is 4.69. The van der Waals surface area contributed by atoms with Gasteiger partial charge in [0.05, 0.1) is 36.6 Å². The molecular weight excluding hydrogens is 568 g/mol. The van der Waals surface area contributed by atoms with Gasteiger partial charge in [0, 0.05) is 67.5 Å². The molecule has 0 radical (unpaired) electrons. The van der Waals surface area contributed by atoms with Crippen molar-refractivity contribution >= 4 is 51.9 Å². The number of aliphatic hydroxyl groups is 1. The van der Waals surface area contributed by atoms with Crippen molar-refractivity contribution in [2.75, 3.05) is 33.1 Å². The Kier molecular flexibility index (Phi) is 11.0. The van der Waals surface area contributed by atoms with Gasteiger partial charge in [-0.05, 0) is 30.5 Å². The number of thioether (sulfide) groups is 1. The summed E-state index contributed by atoms with van der Waals surface area (Å²) in [5.74, 6) is -0.167. The van der Waals surface area contributed by atoms with E-state index >= 15 is 0 Å². The van der Waals surface area contributed by atoms with Crippen molar-refractivity contribution in [3.8, 4) is 17.2 Å². The van der Waals surface area contributed by atoms with Crippen LogP contribution in [0.4, 0.5) is 0 Å². The van der Waals surface area contributed by atoms with Crippen molar-refractivity contribution in [1.82, 2.24) is 19.7 Å². The molecule has 218 valence electrons. The van der Waals surface area contributed by atoms with E-state index in [0.29, 0.717) is 74.5 Å². The molecule has 0 saturated carbocycles. The molecule has 2 heterocycles. The number of esters is 2. The van der Waals surface area contributed by atoms with Crippen molar-refractivity contribution in [3.05, 3.63) is 51.6 Å². The van der Waals surface area contributed by atoms with E-state index in [9.17, 15) is 20.0 Å². The third-order valence-corrected chi connectivity index (χ3v) is 7.78. The van der Waals surface area contributed by atoms with Crippen molar-refractivity contribution in [2.24, 2.45) is 14.1 Å². The van der Waals surface area contributed by atoms with E-state index in [2.05, 4.69) is 16.5 Å². The minimum atomic E-state index is -0.522. The van der Waals surface area contributed by atoms with Gasteiger partial charge in [0.25, 0.3) is 0 Å². The lowest BCUT2D eigenvalue weighted by Crippen LogP contribution is -2.12. The number of benzene rings is 1. The molecule has 3 aromatic rings. The van der Waals surface area contributed by atoms with Crippen LogP contribution in [0, 0.1) is 16.7 Å². The highest BCUT2D eigenvalue weighted by Crippen LogP contribution is 2.42. The normalized spacial score (nSPS) is 11.4. The van der Waals surface area contributed by atoms with E-state index in [1.54, 1.807) is 37.9 Å². The number of carbonyl (C=O) groups is 2. The smallest absolute Gasteiger partial charge is 0.354 e. The van der Waals surface area contributed by atoms with Gasteiger partial charge in [-0.1, -0.05) is 17.7 Å². The number of allylic oxidation sites excluding steroid dienone is 1. The molecule has 11 nitrogen and oxygen atoms in total. The molecule has 0 fully saturated rings. The Morgan fingerprint density at radius 2 is 2.05 bits per heavy atom. The molecule has 41 heavy (non-hydrogen) atoms. The van der Waals surface area contributed by atoms with Gasteiger partial charge in [0.15, 0.2) is 0 Å². The first-order chi connectivity index (χ1) is 19.6. The molecule has 0 atom stereocenters. The van der Waals surface area contributed by atoms with Gasteiger partial charge in [-0.2, -0.15) is 10.4 Å². The lowest BCUT2D eigenvalue weighted by atomic mass is 9.98. The summed E-state index contributed by atoms with van der Waals surface area (Å²) in [6, 6.07) is 5.80. The second kappa shape index (κ2) is 14.2. The van der Waals surface area contributed by atoms with Crippen LogP contribution < -0.4 is 5.32 Å². The maximum atomic E-state index is 12.9. The number of ether oxygens (including phenoxy) is 2. The Hall–Kier alpha value is -3.79. The number of methoxy groups -OCH3 is 1. The van der Waals surface area contributed by atoms with Crippen molar-refractivity contribution in [3.63, 3.8) is 0 Å². The number of rotatable bonds is 13. The summed E-state index contributed by atoms with van der Waals surface area (Å²) in [5, 5.41) is 36.3. The molecule has 3 rings (SSSR count). The minimum absolute atomic E-state index is 0.196. The average Bonchev–Trinajstić information content (AvgIpc) is 3.41. The molecule has 0 amide bonds. The summed E-state index contributed by atoms with van der Waals surface area (Å²) >= 11 is 8.26. The molecule has 0 aliphatic rings. The van der Waals surface area contributed by atoms with Crippen LogP contribution in [0.25, 0.3) is 22.0 Å². The zero-order valence-corrected chi connectivity index (χ0v) is 25.2. The average molecular weight is 601 g/mol. The van der Waals surface area contributed by atoms with E-state index in [-0.39, 0.29) is 19.2 Å². The van der Waals surface area contributed by atoms with Gasteiger partial charge in [0.2, 0.25) is 0 Å². The summed E-state index contributed by atoms with van der Waals surface area (Å²) < 4.78 is 13.4. The van der Waals surface area contributed by atoms with Crippen LogP contribution in [0.3, 0.4) is 0 Å². The van der Waals surface area contributed by atoms with Gasteiger partial charge < -0.3 is 29.9 Å². The summed E-state index contributed by atoms with van der Waals surface area (Å²) in [4.78, 5) is 24.2. The van der Waals surface area contributed by atoms with Crippen LogP contribution >= 0.6 is 23.4 Å². The number of hydrogen-bond acceptors (Lipinski definition) is 10. The fraction of sp³-hybridized carbons (Fsp3) is 0.393. The Morgan fingerprint density at radius 3 is 2.66 bits per heavy atom. The highest BCUT2D eigenvalue weighted by molar-refractivity contribution is 7.99. The number of nitrogens with zero attached hydrogens (tertiary/aromatic N) is 4. The van der Waals surface area contributed by atoms with Crippen LogP contribution in [0.1, 0.15) is 40.8 Å². The third-order valence-electron chi connectivity index (χ3n) is 6.48. The standard InChI is InChI=1S/C28H33ClN6O5S/c1-16(37)40-10-6-7-19-20-8-9-21(29)24(26(20)34(3)27(19)28(38)39-5)25-22(33-35(4)23(25)12-30)15-41-14-17(31)11-18(13-36)32-2/h8-9,11,31-32,36H,6-7,10,13-15H2,1-5H3/b18-11-,31-17?. The van der Waals surface area contributed by atoms with Crippen LogP contribution in [-0.2, 0) is 40.5 Å². The molecule has 3 N–H and O–H groups in total. The minimum Gasteiger partial charge on any atom is -0.466 e. The highest BCUT2D eigenvalue weighted by Gasteiger charge is 2.28. The fourth-order valence-corrected chi connectivity index (χ4v) is 5.74. The maximum absolute atomic E-state index is 12.9. The number of likely N-dealkylation sites (N-methyl/N-ethyl adjacent to an activating group) is 1. The molecule has 1 aromatic carbocycles. The van der Waals surface area contributed by atoms with Crippen LogP contribution in [-0.4, -0.2) is 70.2 Å². The monoisotopic (exact) mass is 600 g/mol. The molecule has 0 bridgehead atoms. The number of fused-ring (bicyclic) bond motifs is 1. The Balaban J connectivity index is 2.14. The third kappa shape index (κ3) is 6.93. The molecule has 0 spiro atoms. The molecular formula is C28H33ClN6O5S. The lowest BCUT2D eigenvalue weighted by molar-refractivity contribution is -0.141. The molecule has 13 heteroatoms. The zero-order valence-electron chi connectivity index (χ0n) is 23.6. The lowest BCUT2D eigenvalue weighted by Gasteiger charge is -2.11. The van der Waals surface area contributed by atoms with Gasteiger partial charge in [-0.3, -0.25) is 9.48 Å². The Bertz CT molecular complexity index is 1550. The summed E-state index contributed by atoms with van der Waals surface area (Å²) in [7, 11) is 6.42. The number of aromatic nitrogens is 3. The van der Waals surface area contributed by atoms with Crippen molar-refractivity contribution in [1.29, 1.82) is 10.7 Å². The number of nitriles is 1. The molecule has 0 aliphatic heterocycles. The van der Waals surface area contributed by atoms with E-state index in [4.69, 9.17) is 26.5 Å². The first-order valence-corrected chi connectivity index (χ1v) is 14.2.